The Morgan fingerprint density at radius 3 is 2.33 bits per heavy atom. The summed E-state index contributed by atoms with van der Waals surface area (Å²) < 4.78 is 0. The summed E-state index contributed by atoms with van der Waals surface area (Å²) in [5, 5.41) is 0. The normalized spacial score (nSPS) is 8.92. The summed E-state index contributed by atoms with van der Waals surface area (Å²) in [6.45, 7) is 5.51. The monoisotopic (exact) mass is 161 g/mol. The Kier molecular flexibility index (Phi) is 2.29. The second kappa shape index (κ2) is 3.22. The minimum Gasteiger partial charge on any atom is -0.381 e. The van der Waals surface area contributed by atoms with Gasteiger partial charge in [-0.2, -0.15) is 0 Å². The molecule has 0 radical (unpaired) electrons. The maximum absolute atomic E-state index is 5.60. The Hall–Kier alpha value is -1.56. The Morgan fingerprint density at radius 2 is 1.75 bits per heavy atom. The maximum Gasteiger partial charge on any atom is 0.158 e. The SMILES string of the molecule is CC#Cc1nc(C)c(C)nc1N. The summed E-state index contributed by atoms with van der Waals surface area (Å²) in [7, 11) is 0. The molecular weight excluding hydrogens is 150 g/mol. The lowest BCUT2D eigenvalue weighted by Crippen LogP contribution is -2.02. The molecule has 0 aliphatic carbocycles. The zero-order valence-electron chi connectivity index (χ0n) is 7.47. The Balaban J connectivity index is 3.29. The van der Waals surface area contributed by atoms with Crippen LogP contribution in [0.25, 0.3) is 0 Å². The molecule has 0 saturated heterocycles. The summed E-state index contributed by atoms with van der Waals surface area (Å²) in [6.07, 6.45) is 0. The van der Waals surface area contributed by atoms with E-state index in [2.05, 4.69) is 21.8 Å². The van der Waals surface area contributed by atoms with Crippen LogP contribution < -0.4 is 5.73 Å². The molecule has 0 aliphatic heterocycles. The molecule has 0 unspecified atom stereocenters. The third-order valence-corrected chi connectivity index (χ3v) is 1.58. The summed E-state index contributed by atoms with van der Waals surface area (Å²) >= 11 is 0. The number of nitrogens with zero attached hydrogens (tertiary/aromatic N) is 2. The zero-order valence-corrected chi connectivity index (χ0v) is 7.47. The molecule has 0 saturated carbocycles. The molecule has 62 valence electrons. The van der Waals surface area contributed by atoms with E-state index < -0.39 is 0 Å². The molecule has 0 aliphatic rings. The van der Waals surface area contributed by atoms with Gasteiger partial charge in [0.05, 0.1) is 11.4 Å². The third-order valence-electron chi connectivity index (χ3n) is 1.58. The van der Waals surface area contributed by atoms with Crippen molar-refractivity contribution in [2.75, 3.05) is 5.73 Å². The molecule has 0 fully saturated rings. The van der Waals surface area contributed by atoms with Crippen LogP contribution in [0, 0.1) is 25.7 Å². The van der Waals surface area contributed by atoms with Gasteiger partial charge in [-0.25, -0.2) is 9.97 Å². The van der Waals surface area contributed by atoms with Crippen LogP contribution in [0.15, 0.2) is 0 Å². The van der Waals surface area contributed by atoms with E-state index in [9.17, 15) is 0 Å². The minimum atomic E-state index is 0.410. The van der Waals surface area contributed by atoms with Crippen molar-refractivity contribution in [1.82, 2.24) is 9.97 Å². The van der Waals surface area contributed by atoms with Crippen molar-refractivity contribution in [2.24, 2.45) is 0 Å². The number of nitrogen functional groups attached to an aromatic ring is 1. The molecule has 3 nitrogen and oxygen atoms in total. The van der Waals surface area contributed by atoms with E-state index in [-0.39, 0.29) is 0 Å². The fourth-order valence-corrected chi connectivity index (χ4v) is 0.831. The molecule has 1 aromatic rings. The number of rotatable bonds is 0. The van der Waals surface area contributed by atoms with Crippen LogP contribution in [0.5, 0.6) is 0 Å². The van der Waals surface area contributed by atoms with E-state index in [4.69, 9.17) is 5.73 Å². The number of nitrogens with two attached hydrogens (primary N) is 1. The van der Waals surface area contributed by atoms with Crippen molar-refractivity contribution in [2.45, 2.75) is 20.8 Å². The fourth-order valence-electron chi connectivity index (χ4n) is 0.831. The van der Waals surface area contributed by atoms with Crippen LogP contribution in [0.1, 0.15) is 24.0 Å². The van der Waals surface area contributed by atoms with Gasteiger partial charge in [-0.3, -0.25) is 0 Å². The van der Waals surface area contributed by atoms with Crippen molar-refractivity contribution in [3.8, 4) is 11.8 Å². The average Bonchev–Trinajstić information content (AvgIpc) is 2.01. The summed E-state index contributed by atoms with van der Waals surface area (Å²) in [5.41, 5.74) is 7.90. The second-order valence-electron chi connectivity index (χ2n) is 2.50. The van der Waals surface area contributed by atoms with Crippen LogP contribution in [0.4, 0.5) is 5.82 Å². The van der Waals surface area contributed by atoms with E-state index in [0.29, 0.717) is 11.5 Å². The first-order valence-corrected chi connectivity index (χ1v) is 3.68. The standard InChI is InChI=1S/C9H11N3/c1-4-5-8-9(10)12-7(3)6(2)11-8/h1-3H3,(H2,10,12). The number of anilines is 1. The highest BCUT2D eigenvalue weighted by atomic mass is 14.9. The second-order valence-corrected chi connectivity index (χ2v) is 2.50. The number of aromatic nitrogens is 2. The van der Waals surface area contributed by atoms with Crippen LogP contribution in [0.3, 0.4) is 0 Å². The van der Waals surface area contributed by atoms with E-state index in [1.807, 2.05) is 13.8 Å². The van der Waals surface area contributed by atoms with Gasteiger partial charge in [0.1, 0.15) is 0 Å². The van der Waals surface area contributed by atoms with Crippen LogP contribution in [-0.2, 0) is 0 Å². The van der Waals surface area contributed by atoms with Crippen molar-refractivity contribution in [3.63, 3.8) is 0 Å². The number of hydrogen-bond acceptors (Lipinski definition) is 3. The largest absolute Gasteiger partial charge is 0.381 e. The van der Waals surface area contributed by atoms with Gasteiger partial charge in [-0.1, -0.05) is 5.92 Å². The van der Waals surface area contributed by atoms with Gasteiger partial charge in [-0.15, -0.1) is 0 Å². The van der Waals surface area contributed by atoms with Crippen LogP contribution >= 0.6 is 0 Å². The highest BCUT2D eigenvalue weighted by Crippen LogP contribution is 2.07. The predicted molar refractivity (Wildman–Crippen MR) is 48.5 cm³/mol. The summed E-state index contributed by atoms with van der Waals surface area (Å²) in [6, 6.07) is 0. The molecule has 2 N–H and O–H groups in total. The van der Waals surface area contributed by atoms with Gasteiger partial charge in [0.2, 0.25) is 0 Å². The van der Waals surface area contributed by atoms with E-state index in [1.54, 1.807) is 6.92 Å². The molecule has 12 heavy (non-hydrogen) atoms. The zero-order chi connectivity index (χ0) is 9.14. The molecule has 0 spiro atoms. The highest BCUT2D eigenvalue weighted by Gasteiger charge is 2.02. The molecule has 1 heterocycles. The molecule has 0 aromatic carbocycles. The van der Waals surface area contributed by atoms with Crippen molar-refractivity contribution in [3.05, 3.63) is 17.1 Å². The van der Waals surface area contributed by atoms with Crippen molar-refractivity contribution >= 4 is 5.82 Å². The molecule has 0 atom stereocenters. The topological polar surface area (TPSA) is 51.8 Å². The van der Waals surface area contributed by atoms with Crippen molar-refractivity contribution < 1.29 is 0 Å². The summed E-state index contributed by atoms with van der Waals surface area (Å²) in [5.74, 6) is 5.94. The Labute approximate surface area is 72.0 Å². The van der Waals surface area contributed by atoms with E-state index in [0.717, 1.165) is 11.4 Å². The first-order chi connectivity index (χ1) is 5.65. The molecule has 0 bridgehead atoms. The smallest absolute Gasteiger partial charge is 0.158 e. The average molecular weight is 161 g/mol. The predicted octanol–water partition coefficient (Wildman–Crippen LogP) is 1.05. The summed E-state index contributed by atoms with van der Waals surface area (Å²) in [4.78, 5) is 8.31. The van der Waals surface area contributed by atoms with Gasteiger partial charge in [-0.05, 0) is 26.7 Å². The number of hydrogen-bond donors (Lipinski definition) is 1. The minimum absolute atomic E-state index is 0.410. The quantitative estimate of drug-likeness (QED) is 0.578. The molecule has 0 amide bonds. The fraction of sp³-hybridized carbons (Fsp3) is 0.333. The van der Waals surface area contributed by atoms with Gasteiger partial charge < -0.3 is 5.73 Å². The van der Waals surface area contributed by atoms with Gasteiger partial charge in [0, 0.05) is 0 Å². The lowest BCUT2D eigenvalue weighted by Gasteiger charge is -2.01. The lowest BCUT2D eigenvalue weighted by molar-refractivity contribution is 1.04. The van der Waals surface area contributed by atoms with Crippen molar-refractivity contribution in [1.29, 1.82) is 0 Å². The Morgan fingerprint density at radius 1 is 1.17 bits per heavy atom. The molecule has 1 aromatic heterocycles. The number of aryl methyl sites for hydroxylation is 2. The Bertz CT molecular complexity index is 358. The van der Waals surface area contributed by atoms with Gasteiger partial charge in [0.25, 0.3) is 0 Å². The van der Waals surface area contributed by atoms with Gasteiger partial charge >= 0.3 is 0 Å². The first-order valence-electron chi connectivity index (χ1n) is 3.68. The first kappa shape index (κ1) is 8.54. The highest BCUT2D eigenvalue weighted by molar-refractivity contribution is 5.46. The maximum atomic E-state index is 5.60. The van der Waals surface area contributed by atoms with Gasteiger partial charge in [0.15, 0.2) is 11.5 Å². The van der Waals surface area contributed by atoms with Crippen LogP contribution in [-0.4, -0.2) is 9.97 Å². The molecule has 1 rings (SSSR count). The third kappa shape index (κ3) is 1.54. The molecular formula is C9H11N3. The van der Waals surface area contributed by atoms with E-state index >= 15 is 0 Å². The lowest BCUT2D eigenvalue weighted by atomic mass is 10.3. The molecule has 3 heteroatoms. The van der Waals surface area contributed by atoms with E-state index in [1.165, 1.54) is 0 Å². The van der Waals surface area contributed by atoms with Crippen LogP contribution in [0.2, 0.25) is 0 Å².